The molecule has 1 aliphatic heterocycles. The quantitative estimate of drug-likeness (QED) is 0.781. The molecular weight excluding hydrogens is 348 g/mol. The van der Waals surface area contributed by atoms with Gasteiger partial charge in [-0.3, -0.25) is 19.8 Å². The van der Waals surface area contributed by atoms with Gasteiger partial charge in [0, 0.05) is 29.7 Å². The minimum absolute atomic E-state index is 0.0393. The number of hydrogen-bond donors (Lipinski definition) is 2. The maximum absolute atomic E-state index is 12.6. The summed E-state index contributed by atoms with van der Waals surface area (Å²) >= 11 is 1.43. The lowest BCUT2D eigenvalue weighted by atomic mass is 10.0. The molecular formula is C19H26N4O2S. The third-order valence-corrected chi connectivity index (χ3v) is 5.72. The van der Waals surface area contributed by atoms with Gasteiger partial charge in [0.15, 0.2) is 10.9 Å². The number of rotatable bonds is 5. The van der Waals surface area contributed by atoms with Crippen LogP contribution < -0.4 is 5.32 Å². The van der Waals surface area contributed by atoms with E-state index in [-0.39, 0.29) is 11.7 Å². The van der Waals surface area contributed by atoms with Crippen LogP contribution >= 0.6 is 11.3 Å². The number of thiazole rings is 1. The van der Waals surface area contributed by atoms with Gasteiger partial charge in [0.1, 0.15) is 5.69 Å². The van der Waals surface area contributed by atoms with E-state index in [1.807, 2.05) is 12.3 Å². The van der Waals surface area contributed by atoms with Gasteiger partial charge in [0.25, 0.3) is 5.91 Å². The third-order valence-electron chi connectivity index (χ3n) is 4.92. The SMILES string of the molecule is CC(=O)c1c(C)[nH]c(C(=O)Nc2nc(CN3CCCC(C)C3)cs2)c1C. The summed E-state index contributed by atoms with van der Waals surface area (Å²) in [5.74, 6) is 0.435. The number of likely N-dealkylation sites (tertiary alicyclic amines) is 1. The van der Waals surface area contributed by atoms with Crippen molar-refractivity contribution < 1.29 is 9.59 Å². The summed E-state index contributed by atoms with van der Waals surface area (Å²) < 4.78 is 0. The summed E-state index contributed by atoms with van der Waals surface area (Å²) in [6.45, 7) is 10.4. The molecule has 1 saturated heterocycles. The molecule has 1 fully saturated rings. The second-order valence-electron chi connectivity index (χ2n) is 7.26. The first-order valence-corrected chi connectivity index (χ1v) is 9.91. The Kier molecular flexibility index (Phi) is 5.58. The van der Waals surface area contributed by atoms with Gasteiger partial charge in [-0.1, -0.05) is 6.92 Å². The lowest BCUT2D eigenvalue weighted by Gasteiger charge is -2.30. The van der Waals surface area contributed by atoms with Gasteiger partial charge >= 0.3 is 0 Å². The van der Waals surface area contributed by atoms with Crippen molar-refractivity contribution in [2.45, 2.75) is 47.1 Å². The van der Waals surface area contributed by atoms with Gasteiger partial charge < -0.3 is 4.98 Å². The van der Waals surface area contributed by atoms with Crippen molar-refractivity contribution in [3.8, 4) is 0 Å². The maximum Gasteiger partial charge on any atom is 0.274 e. The number of nitrogens with one attached hydrogen (secondary N) is 2. The Bertz CT molecular complexity index is 824. The number of Topliss-reactive ketones (excluding diaryl/α,β-unsaturated/α-hetero) is 1. The maximum atomic E-state index is 12.6. The summed E-state index contributed by atoms with van der Waals surface area (Å²) in [5, 5.41) is 5.44. The van der Waals surface area contributed by atoms with Gasteiger partial charge in [-0.2, -0.15) is 0 Å². The fourth-order valence-corrected chi connectivity index (χ4v) is 4.46. The van der Waals surface area contributed by atoms with Crippen LogP contribution in [0.3, 0.4) is 0 Å². The highest BCUT2D eigenvalue weighted by atomic mass is 32.1. The molecule has 2 aromatic heterocycles. The van der Waals surface area contributed by atoms with Crippen LogP contribution in [0.4, 0.5) is 5.13 Å². The molecule has 26 heavy (non-hydrogen) atoms. The van der Waals surface area contributed by atoms with Crippen molar-refractivity contribution in [1.82, 2.24) is 14.9 Å². The zero-order valence-electron chi connectivity index (χ0n) is 15.8. The Hall–Kier alpha value is -1.99. The summed E-state index contributed by atoms with van der Waals surface area (Å²) in [6.07, 6.45) is 2.53. The molecule has 140 valence electrons. The number of piperidine rings is 1. The van der Waals surface area contributed by atoms with Crippen molar-refractivity contribution in [2.24, 2.45) is 5.92 Å². The highest BCUT2D eigenvalue weighted by Crippen LogP contribution is 2.23. The standard InChI is InChI=1S/C19H26N4O2S/c1-11-6-5-7-23(8-11)9-15-10-26-19(21-15)22-18(25)17-12(2)16(14(4)24)13(3)20-17/h10-11,20H,5-9H2,1-4H3,(H,21,22,25). The van der Waals surface area contributed by atoms with E-state index in [1.54, 1.807) is 6.92 Å². The molecule has 1 aliphatic rings. The molecule has 2 N–H and O–H groups in total. The predicted molar refractivity (Wildman–Crippen MR) is 104 cm³/mol. The predicted octanol–water partition coefficient (Wildman–Crippen LogP) is 3.77. The van der Waals surface area contributed by atoms with Gasteiger partial charge in [0.05, 0.1) is 5.69 Å². The highest BCUT2D eigenvalue weighted by Gasteiger charge is 2.21. The largest absolute Gasteiger partial charge is 0.354 e. The molecule has 7 heteroatoms. The lowest BCUT2D eigenvalue weighted by molar-refractivity contribution is 0.101. The number of carbonyl (C=O) groups excluding carboxylic acids is 2. The van der Waals surface area contributed by atoms with Crippen molar-refractivity contribution in [3.63, 3.8) is 0 Å². The zero-order chi connectivity index (χ0) is 18.8. The van der Waals surface area contributed by atoms with Crippen LogP contribution in [-0.2, 0) is 6.54 Å². The first-order valence-electron chi connectivity index (χ1n) is 9.03. The van der Waals surface area contributed by atoms with Crippen LogP contribution in [-0.4, -0.2) is 39.6 Å². The number of amides is 1. The monoisotopic (exact) mass is 374 g/mol. The smallest absolute Gasteiger partial charge is 0.274 e. The van der Waals surface area contributed by atoms with Crippen molar-refractivity contribution in [2.75, 3.05) is 18.4 Å². The van der Waals surface area contributed by atoms with E-state index < -0.39 is 0 Å². The van der Waals surface area contributed by atoms with Gasteiger partial charge in [-0.15, -0.1) is 11.3 Å². The number of aryl methyl sites for hydroxylation is 1. The van der Waals surface area contributed by atoms with E-state index in [0.29, 0.717) is 22.0 Å². The first-order chi connectivity index (χ1) is 12.3. The molecule has 3 rings (SSSR count). The number of nitrogens with zero attached hydrogens (tertiary/aromatic N) is 2. The van der Waals surface area contributed by atoms with Crippen LogP contribution in [0.25, 0.3) is 0 Å². The Balaban J connectivity index is 1.66. The van der Waals surface area contributed by atoms with Crippen molar-refractivity contribution >= 4 is 28.2 Å². The molecule has 1 atom stereocenters. The van der Waals surface area contributed by atoms with E-state index in [0.717, 1.165) is 36.9 Å². The second-order valence-corrected chi connectivity index (χ2v) is 8.12. The molecule has 1 amide bonds. The van der Waals surface area contributed by atoms with E-state index in [9.17, 15) is 9.59 Å². The topological polar surface area (TPSA) is 78.1 Å². The highest BCUT2D eigenvalue weighted by molar-refractivity contribution is 7.13. The lowest BCUT2D eigenvalue weighted by Crippen LogP contribution is -2.33. The Morgan fingerprint density at radius 1 is 1.42 bits per heavy atom. The fraction of sp³-hybridized carbons (Fsp3) is 0.526. The van der Waals surface area contributed by atoms with Gasteiger partial charge in [-0.05, 0) is 51.6 Å². The molecule has 0 radical (unpaired) electrons. The molecule has 1 unspecified atom stereocenters. The normalized spacial score (nSPS) is 18.1. The van der Waals surface area contributed by atoms with Crippen LogP contribution in [0.2, 0.25) is 0 Å². The number of hydrogen-bond acceptors (Lipinski definition) is 5. The van der Waals surface area contributed by atoms with E-state index in [1.165, 1.54) is 31.1 Å². The number of H-pyrrole nitrogens is 1. The molecule has 0 aromatic carbocycles. The van der Waals surface area contributed by atoms with E-state index in [4.69, 9.17) is 0 Å². The van der Waals surface area contributed by atoms with Crippen LogP contribution in [0.15, 0.2) is 5.38 Å². The first kappa shape index (κ1) is 18.8. The van der Waals surface area contributed by atoms with E-state index in [2.05, 4.69) is 27.1 Å². The Morgan fingerprint density at radius 3 is 2.85 bits per heavy atom. The molecule has 0 spiro atoms. The number of carbonyl (C=O) groups is 2. The zero-order valence-corrected chi connectivity index (χ0v) is 16.6. The molecule has 6 nitrogen and oxygen atoms in total. The molecule has 0 aliphatic carbocycles. The van der Waals surface area contributed by atoms with Crippen LogP contribution in [0, 0.1) is 19.8 Å². The summed E-state index contributed by atoms with van der Waals surface area (Å²) in [4.78, 5) is 34.3. The van der Waals surface area contributed by atoms with Gasteiger partial charge in [-0.25, -0.2) is 4.98 Å². The van der Waals surface area contributed by atoms with Crippen LogP contribution in [0.5, 0.6) is 0 Å². The summed E-state index contributed by atoms with van der Waals surface area (Å²) in [5.41, 5.74) is 3.41. The summed E-state index contributed by atoms with van der Waals surface area (Å²) in [6, 6.07) is 0. The minimum atomic E-state index is -0.259. The molecule has 2 aromatic rings. The number of aromatic amines is 1. The molecule has 0 bridgehead atoms. The van der Waals surface area contributed by atoms with Crippen LogP contribution in [0.1, 0.15) is 64.5 Å². The Morgan fingerprint density at radius 2 is 2.19 bits per heavy atom. The average Bonchev–Trinajstić information content (AvgIpc) is 3.11. The third kappa shape index (κ3) is 4.04. The number of aromatic nitrogens is 2. The van der Waals surface area contributed by atoms with Gasteiger partial charge in [0.2, 0.25) is 0 Å². The fourth-order valence-electron chi connectivity index (χ4n) is 3.76. The average molecular weight is 375 g/mol. The molecule has 3 heterocycles. The van der Waals surface area contributed by atoms with Crippen molar-refractivity contribution in [1.29, 1.82) is 0 Å². The summed E-state index contributed by atoms with van der Waals surface area (Å²) in [7, 11) is 0. The second kappa shape index (κ2) is 7.72. The number of ketones is 1. The Labute approximate surface area is 158 Å². The van der Waals surface area contributed by atoms with E-state index >= 15 is 0 Å². The number of anilines is 1. The van der Waals surface area contributed by atoms with Crippen molar-refractivity contribution in [3.05, 3.63) is 33.6 Å². The minimum Gasteiger partial charge on any atom is -0.354 e. The molecule has 0 saturated carbocycles.